The summed E-state index contributed by atoms with van der Waals surface area (Å²) in [6, 6.07) is 33.3. The Morgan fingerprint density at radius 1 is 0.889 bits per heavy atom. The van der Waals surface area contributed by atoms with E-state index in [2.05, 4.69) is 71.0 Å². The SMILES string of the molecule is Clc1ccccc1COc1ccc(C=Nc2ccc([C@@H]3Nc4ccccc4[C@H]4C=CC[C@@H]43)cc2)cc1. The van der Waals surface area contributed by atoms with Crippen molar-refractivity contribution >= 4 is 29.2 Å². The molecule has 0 spiro atoms. The maximum absolute atomic E-state index is 6.21. The first kappa shape index (κ1) is 22.6. The number of rotatable bonds is 6. The Balaban J connectivity index is 1.10. The van der Waals surface area contributed by atoms with Crippen LogP contribution < -0.4 is 10.1 Å². The van der Waals surface area contributed by atoms with Crippen molar-refractivity contribution in [1.29, 1.82) is 0 Å². The minimum absolute atomic E-state index is 0.302. The summed E-state index contributed by atoms with van der Waals surface area (Å²) in [7, 11) is 0. The number of halogens is 1. The molecule has 178 valence electrons. The van der Waals surface area contributed by atoms with Crippen LogP contribution in [0.2, 0.25) is 5.02 Å². The lowest BCUT2D eigenvalue weighted by atomic mass is 9.77. The van der Waals surface area contributed by atoms with Crippen LogP contribution in [0.5, 0.6) is 5.75 Å². The van der Waals surface area contributed by atoms with Gasteiger partial charge in [-0.05, 0) is 77.6 Å². The van der Waals surface area contributed by atoms with Crippen molar-refractivity contribution in [2.24, 2.45) is 10.9 Å². The minimum Gasteiger partial charge on any atom is -0.489 e. The summed E-state index contributed by atoms with van der Waals surface area (Å²) in [6.07, 6.45) is 7.70. The lowest BCUT2D eigenvalue weighted by molar-refractivity contribution is 0.306. The third-order valence-corrected chi connectivity index (χ3v) is 7.49. The molecule has 6 rings (SSSR count). The number of hydrogen-bond donors (Lipinski definition) is 1. The van der Waals surface area contributed by atoms with Gasteiger partial charge < -0.3 is 10.1 Å². The van der Waals surface area contributed by atoms with Crippen LogP contribution in [0.3, 0.4) is 0 Å². The molecule has 2 aliphatic rings. The van der Waals surface area contributed by atoms with E-state index < -0.39 is 0 Å². The van der Waals surface area contributed by atoms with Crippen LogP contribution in [0.1, 0.15) is 40.6 Å². The maximum atomic E-state index is 6.21. The highest BCUT2D eigenvalue weighted by Gasteiger charge is 2.37. The third kappa shape index (κ3) is 4.67. The van der Waals surface area contributed by atoms with E-state index in [-0.39, 0.29) is 0 Å². The zero-order valence-electron chi connectivity index (χ0n) is 19.8. The third-order valence-electron chi connectivity index (χ3n) is 7.12. The maximum Gasteiger partial charge on any atom is 0.119 e. The molecule has 1 N–H and O–H groups in total. The molecule has 1 heterocycles. The predicted molar refractivity (Wildman–Crippen MR) is 149 cm³/mol. The van der Waals surface area contributed by atoms with E-state index >= 15 is 0 Å². The average Bonchev–Trinajstić information content (AvgIpc) is 3.43. The van der Waals surface area contributed by atoms with Crippen molar-refractivity contribution in [3.8, 4) is 5.75 Å². The molecule has 3 nitrogen and oxygen atoms in total. The van der Waals surface area contributed by atoms with E-state index in [4.69, 9.17) is 16.3 Å². The van der Waals surface area contributed by atoms with Crippen molar-refractivity contribution < 1.29 is 4.74 Å². The summed E-state index contributed by atoms with van der Waals surface area (Å²) in [6.45, 7) is 0.443. The molecule has 0 amide bonds. The Morgan fingerprint density at radius 2 is 1.67 bits per heavy atom. The Hall–Kier alpha value is -3.82. The monoisotopic (exact) mass is 490 g/mol. The molecule has 4 aromatic carbocycles. The zero-order valence-corrected chi connectivity index (χ0v) is 20.6. The van der Waals surface area contributed by atoms with E-state index in [0.717, 1.165) is 34.0 Å². The van der Waals surface area contributed by atoms with Gasteiger partial charge in [0.05, 0.1) is 11.7 Å². The zero-order chi connectivity index (χ0) is 24.3. The normalized spacial score (nSPS) is 20.1. The van der Waals surface area contributed by atoms with Gasteiger partial charge in [0.25, 0.3) is 0 Å². The summed E-state index contributed by atoms with van der Waals surface area (Å²) < 4.78 is 5.87. The molecule has 36 heavy (non-hydrogen) atoms. The number of ether oxygens (including phenoxy) is 1. The van der Waals surface area contributed by atoms with Crippen LogP contribution in [0.4, 0.5) is 11.4 Å². The fourth-order valence-corrected chi connectivity index (χ4v) is 5.41. The summed E-state index contributed by atoms with van der Waals surface area (Å²) in [5.41, 5.74) is 6.90. The molecular weight excluding hydrogens is 464 g/mol. The molecule has 4 aromatic rings. The van der Waals surface area contributed by atoms with E-state index in [9.17, 15) is 0 Å². The second-order valence-electron chi connectivity index (χ2n) is 9.36. The van der Waals surface area contributed by atoms with Gasteiger partial charge in [0.2, 0.25) is 0 Å². The molecule has 0 saturated carbocycles. The van der Waals surface area contributed by atoms with Gasteiger partial charge in [0, 0.05) is 28.4 Å². The molecule has 0 fully saturated rings. The van der Waals surface area contributed by atoms with E-state index in [1.807, 2.05) is 54.7 Å². The van der Waals surface area contributed by atoms with Crippen LogP contribution in [0.25, 0.3) is 0 Å². The first-order valence-corrected chi connectivity index (χ1v) is 12.7. The highest BCUT2D eigenvalue weighted by molar-refractivity contribution is 6.31. The van der Waals surface area contributed by atoms with Crippen LogP contribution in [0.15, 0.2) is 114 Å². The number of nitrogens with one attached hydrogen (secondary N) is 1. The summed E-state index contributed by atoms with van der Waals surface area (Å²) in [5.74, 6) is 1.84. The molecule has 0 radical (unpaired) electrons. The summed E-state index contributed by atoms with van der Waals surface area (Å²) in [4.78, 5) is 4.68. The van der Waals surface area contributed by atoms with Gasteiger partial charge in [-0.25, -0.2) is 0 Å². The van der Waals surface area contributed by atoms with Gasteiger partial charge in [-0.3, -0.25) is 4.99 Å². The first-order chi connectivity index (χ1) is 17.7. The molecule has 1 aliphatic heterocycles. The predicted octanol–water partition coefficient (Wildman–Crippen LogP) is 8.50. The molecule has 0 unspecified atom stereocenters. The fraction of sp³-hybridized carbons (Fsp3) is 0.156. The van der Waals surface area contributed by atoms with Crippen molar-refractivity contribution in [3.63, 3.8) is 0 Å². The Labute approximate surface area is 217 Å². The van der Waals surface area contributed by atoms with Crippen LogP contribution in [-0.2, 0) is 6.61 Å². The average molecular weight is 491 g/mol. The Bertz CT molecular complexity index is 1410. The first-order valence-electron chi connectivity index (χ1n) is 12.4. The number of aliphatic imine (C=N–C) groups is 1. The number of para-hydroxylation sites is 1. The van der Waals surface area contributed by atoms with Crippen molar-refractivity contribution in [1.82, 2.24) is 0 Å². The van der Waals surface area contributed by atoms with Crippen LogP contribution in [0, 0.1) is 5.92 Å². The highest BCUT2D eigenvalue weighted by Crippen LogP contribution is 2.49. The molecule has 0 aromatic heterocycles. The van der Waals surface area contributed by atoms with Crippen LogP contribution >= 0.6 is 11.6 Å². The number of allylic oxidation sites excluding steroid dienone is 2. The largest absolute Gasteiger partial charge is 0.489 e. The summed E-state index contributed by atoms with van der Waals surface area (Å²) in [5, 5.41) is 4.51. The smallest absolute Gasteiger partial charge is 0.119 e. The second kappa shape index (κ2) is 10.0. The fourth-order valence-electron chi connectivity index (χ4n) is 5.22. The van der Waals surface area contributed by atoms with Crippen molar-refractivity contribution in [2.45, 2.75) is 25.0 Å². The quantitative estimate of drug-likeness (QED) is 0.217. The van der Waals surface area contributed by atoms with Gasteiger partial charge in [-0.15, -0.1) is 0 Å². The Morgan fingerprint density at radius 3 is 2.50 bits per heavy atom. The number of anilines is 1. The van der Waals surface area contributed by atoms with Gasteiger partial charge in [0.15, 0.2) is 0 Å². The molecule has 4 heteroatoms. The highest BCUT2D eigenvalue weighted by atomic mass is 35.5. The molecule has 1 aliphatic carbocycles. The van der Waals surface area contributed by atoms with Crippen LogP contribution in [-0.4, -0.2) is 6.21 Å². The number of nitrogens with zero attached hydrogens (tertiary/aromatic N) is 1. The lowest BCUT2D eigenvalue weighted by Crippen LogP contribution is -2.28. The van der Waals surface area contributed by atoms with E-state index in [1.54, 1.807) is 0 Å². The summed E-state index contributed by atoms with van der Waals surface area (Å²) >= 11 is 6.21. The standard InChI is InChI=1S/C32H27ClN2O/c33-30-10-3-1-6-24(30)21-36-26-18-12-22(13-19-26)20-34-25-16-14-23(15-17-25)32-29-9-5-8-27(29)28-7-2-4-11-31(28)35-32/h1-8,10-20,27,29,32,35H,9,21H2/t27-,29+,32+/m1/s1. The van der Waals surface area contributed by atoms with Gasteiger partial charge in [-0.1, -0.05) is 72.3 Å². The minimum atomic E-state index is 0.302. The molecule has 0 saturated heterocycles. The molecule has 3 atom stereocenters. The van der Waals surface area contributed by atoms with Gasteiger partial charge >= 0.3 is 0 Å². The number of hydrogen-bond acceptors (Lipinski definition) is 3. The van der Waals surface area contributed by atoms with Crippen molar-refractivity contribution in [3.05, 3.63) is 136 Å². The van der Waals surface area contributed by atoms with Crippen molar-refractivity contribution in [2.75, 3.05) is 5.32 Å². The van der Waals surface area contributed by atoms with Gasteiger partial charge in [0.1, 0.15) is 12.4 Å². The molecular formula is C32H27ClN2O. The van der Waals surface area contributed by atoms with E-state index in [0.29, 0.717) is 24.5 Å². The Kier molecular flexibility index (Phi) is 6.31. The second-order valence-corrected chi connectivity index (χ2v) is 9.77. The molecule has 0 bridgehead atoms. The lowest BCUT2D eigenvalue weighted by Gasteiger charge is -2.37. The topological polar surface area (TPSA) is 33.6 Å². The number of fused-ring (bicyclic) bond motifs is 3. The number of benzene rings is 4. The van der Waals surface area contributed by atoms with E-state index in [1.165, 1.54) is 16.8 Å². The van der Waals surface area contributed by atoms with Gasteiger partial charge in [-0.2, -0.15) is 0 Å².